The van der Waals surface area contributed by atoms with Gasteiger partial charge in [-0.3, -0.25) is 9.36 Å². The third-order valence-corrected chi connectivity index (χ3v) is 4.94. The number of nitrogens with zero attached hydrogens (tertiary/aromatic N) is 4. The molecule has 0 bridgehead atoms. The van der Waals surface area contributed by atoms with Crippen molar-refractivity contribution < 1.29 is 14.3 Å². The van der Waals surface area contributed by atoms with Crippen LogP contribution >= 0.6 is 0 Å². The molecule has 8 heteroatoms. The number of nitrogens with one attached hydrogen (secondary N) is 1. The van der Waals surface area contributed by atoms with Gasteiger partial charge in [0.2, 0.25) is 5.88 Å². The summed E-state index contributed by atoms with van der Waals surface area (Å²) in [6.07, 6.45) is 1.72. The molecule has 0 spiro atoms. The average Bonchev–Trinajstić information content (AvgIpc) is 3.13. The number of hydrogen-bond donors (Lipinski definition) is 1. The van der Waals surface area contributed by atoms with E-state index in [-0.39, 0.29) is 12.5 Å². The molecule has 4 rings (SSSR count). The molecule has 0 saturated carbocycles. The second kappa shape index (κ2) is 9.30. The Kier molecular flexibility index (Phi) is 6.12. The highest BCUT2D eigenvalue weighted by Gasteiger charge is 2.08. The van der Waals surface area contributed by atoms with Crippen LogP contribution < -0.4 is 14.8 Å². The minimum atomic E-state index is -0.242. The van der Waals surface area contributed by atoms with E-state index in [2.05, 4.69) is 20.5 Å². The van der Waals surface area contributed by atoms with E-state index < -0.39 is 0 Å². The van der Waals surface area contributed by atoms with Crippen LogP contribution in [0.1, 0.15) is 17.0 Å². The van der Waals surface area contributed by atoms with Gasteiger partial charge in [-0.15, -0.1) is 10.2 Å². The van der Waals surface area contributed by atoms with Gasteiger partial charge in [-0.1, -0.05) is 18.2 Å². The number of ether oxygens (including phenoxy) is 2. The van der Waals surface area contributed by atoms with Gasteiger partial charge in [0.25, 0.3) is 5.91 Å². The third-order valence-electron chi connectivity index (χ3n) is 4.94. The number of aromatic nitrogens is 4. The number of carbonyl (C=O) groups is 1. The topological polar surface area (TPSA) is 91.2 Å². The van der Waals surface area contributed by atoms with Crippen LogP contribution in [-0.2, 0) is 4.79 Å². The van der Waals surface area contributed by atoms with Gasteiger partial charge < -0.3 is 14.8 Å². The van der Waals surface area contributed by atoms with E-state index in [9.17, 15) is 4.79 Å². The number of anilines is 1. The lowest BCUT2D eigenvalue weighted by Gasteiger charge is -2.10. The fourth-order valence-electron chi connectivity index (χ4n) is 3.01. The molecule has 0 atom stereocenters. The van der Waals surface area contributed by atoms with E-state index in [0.717, 1.165) is 17.0 Å². The van der Waals surface area contributed by atoms with Crippen LogP contribution in [0.3, 0.4) is 0 Å². The Labute approximate surface area is 185 Å². The fraction of sp³-hybridized carbons (Fsp3) is 0.167. The molecule has 162 valence electrons. The van der Waals surface area contributed by atoms with Crippen molar-refractivity contribution in [2.24, 2.45) is 0 Å². The van der Waals surface area contributed by atoms with Gasteiger partial charge in [-0.25, -0.2) is 4.98 Å². The van der Waals surface area contributed by atoms with Crippen molar-refractivity contribution in [2.75, 3.05) is 11.9 Å². The monoisotopic (exact) mass is 429 g/mol. The summed E-state index contributed by atoms with van der Waals surface area (Å²) in [6, 6.07) is 18.1. The smallest absolute Gasteiger partial charge is 0.262 e. The Morgan fingerprint density at radius 1 is 0.969 bits per heavy atom. The van der Waals surface area contributed by atoms with Crippen LogP contribution in [0.2, 0.25) is 0 Å². The number of para-hydroxylation sites is 1. The molecule has 2 heterocycles. The summed E-state index contributed by atoms with van der Waals surface area (Å²) >= 11 is 0. The largest absolute Gasteiger partial charge is 0.483 e. The van der Waals surface area contributed by atoms with Gasteiger partial charge in [0, 0.05) is 17.4 Å². The highest BCUT2D eigenvalue weighted by molar-refractivity contribution is 5.91. The van der Waals surface area contributed by atoms with Crippen molar-refractivity contribution in [3.05, 3.63) is 83.9 Å². The molecule has 1 amide bonds. The lowest BCUT2D eigenvalue weighted by atomic mass is 10.2. The molecule has 0 aliphatic carbocycles. The fourth-order valence-corrected chi connectivity index (χ4v) is 3.01. The van der Waals surface area contributed by atoms with Gasteiger partial charge in [0.15, 0.2) is 12.4 Å². The van der Waals surface area contributed by atoms with Gasteiger partial charge in [-0.05, 0) is 62.7 Å². The quantitative estimate of drug-likeness (QED) is 0.468. The molecule has 2 aromatic carbocycles. The van der Waals surface area contributed by atoms with E-state index in [4.69, 9.17) is 9.47 Å². The molecule has 32 heavy (non-hydrogen) atoms. The molecule has 1 N–H and O–H groups in total. The number of aryl methyl sites for hydroxylation is 2. The maximum atomic E-state index is 12.2. The van der Waals surface area contributed by atoms with Crippen molar-refractivity contribution in [3.8, 4) is 23.2 Å². The van der Waals surface area contributed by atoms with E-state index in [1.165, 1.54) is 0 Å². The van der Waals surface area contributed by atoms with Gasteiger partial charge in [-0.2, -0.15) is 0 Å². The number of imidazole rings is 1. The average molecular weight is 429 g/mol. The van der Waals surface area contributed by atoms with E-state index in [1.54, 1.807) is 36.7 Å². The van der Waals surface area contributed by atoms with Crippen LogP contribution in [0.15, 0.2) is 67.0 Å². The number of carbonyl (C=O) groups excluding carboxylic acids is 1. The van der Waals surface area contributed by atoms with Crippen LogP contribution in [0.4, 0.5) is 5.69 Å². The zero-order valence-electron chi connectivity index (χ0n) is 18.1. The zero-order valence-corrected chi connectivity index (χ0v) is 18.1. The molecule has 0 radical (unpaired) electrons. The van der Waals surface area contributed by atoms with Crippen molar-refractivity contribution in [1.29, 1.82) is 0 Å². The predicted molar refractivity (Wildman–Crippen MR) is 120 cm³/mol. The standard InChI is InChI=1S/C24H23N5O3/c1-16-6-4-5-7-21(16)31-14-23(30)26-19-8-10-20(11-9-19)32-24-13-12-22(27-28-24)29-15-25-17(2)18(29)3/h4-13,15H,14H2,1-3H3,(H,26,30). The summed E-state index contributed by atoms with van der Waals surface area (Å²) in [5.41, 5.74) is 3.58. The predicted octanol–water partition coefficient (Wildman–Crippen LogP) is 4.40. The van der Waals surface area contributed by atoms with E-state index in [1.807, 2.05) is 55.7 Å². The highest BCUT2D eigenvalue weighted by atomic mass is 16.5. The lowest BCUT2D eigenvalue weighted by molar-refractivity contribution is -0.118. The van der Waals surface area contributed by atoms with E-state index >= 15 is 0 Å². The zero-order chi connectivity index (χ0) is 22.5. The Morgan fingerprint density at radius 3 is 2.41 bits per heavy atom. The maximum Gasteiger partial charge on any atom is 0.262 e. The molecule has 2 aromatic heterocycles. The molecular weight excluding hydrogens is 406 g/mol. The second-order valence-electron chi connectivity index (χ2n) is 7.24. The molecule has 0 aliphatic rings. The van der Waals surface area contributed by atoms with Crippen molar-refractivity contribution in [3.63, 3.8) is 0 Å². The Balaban J connectivity index is 1.32. The van der Waals surface area contributed by atoms with Crippen LogP contribution in [0, 0.1) is 20.8 Å². The minimum absolute atomic E-state index is 0.0685. The van der Waals surface area contributed by atoms with E-state index in [0.29, 0.717) is 28.9 Å². The first-order valence-electron chi connectivity index (χ1n) is 10.1. The first kappa shape index (κ1) is 21.0. The number of amides is 1. The Bertz CT molecular complexity index is 1220. The van der Waals surface area contributed by atoms with Crippen LogP contribution in [-0.4, -0.2) is 32.3 Å². The first-order valence-corrected chi connectivity index (χ1v) is 10.1. The molecular formula is C24H23N5O3. The minimum Gasteiger partial charge on any atom is -0.483 e. The molecule has 0 fully saturated rings. The summed E-state index contributed by atoms with van der Waals surface area (Å²) < 4.78 is 13.2. The van der Waals surface area contributed by atoms with Gasteiger partial charge in [0.05, 0.1) is 5.69 Å². The lowest BCUT2D eigenvalue weighted by Crippen LogP contribution is -2.20. The first-order chi connectivity index (χ1) is 15.5. The summed E-state index contributed by atoms with van der Waals surface area (Å²) in [6.45, 7) is 5.79. The van der Waals surface area contributed by atoms with Crippen molar-refractivity contribution >= 4 is 11.6 Å². The molecule has 8 nitrogen and oxygen atoms in total. The number of hydrogen-bond acceptors (Lipinski definition) is 6. The van der Waals surface area contributed by atoms with Crippen molar-refractivity contribution in [2.45, 2.75) is 20.8 Å². The molecule has 0 unspecified atom stereocenters. The summed E-state index contributed by atoms with van der Waals surface area (Å²) in [4.78, 5) is 16.4. The third kappa shape index (κ3) is 4.92. The number of benzene rings is 2. The maximum absolute atomic E-state index is 12.2. The van der Waals surface area contributed by atoms with Crippen LogP contribution in [0.5, 0.6) is 17.4 Å². The number of rotatable bonds is 7. The molecule has 4 aromatic rings. The van der Waals surface area contributed by atoms with Crippen molar-refractivity contribution in [1.82, 2.24) is 19.7 Å². The summed E-state index contributed by atoms with van der Waals surface area (Å²) in [7, 11) is 0. The SMILES string of the molecule is Cc1ccccc1OCC(=O)Nc1ccc(Oc2ccc(-n3cnc(C)c3C)nn2)cc1. The Hall–Kier alpha value is -4.20. The highest BCUT2D eigenvalue weighted by Crippen LogP contribution is 2.22. The normalized spacial score (nSPS) is 10.6. The summed E-state index contributed by atoms with van der Waals surface area (Å²) in [5, 5.41) is 11.1. The second-order valence-corrected chi connectivity index (χ2v) is 7.24. The molecule has 0 aliphatic heterocycles. The van der Waals surface area contributed by atoms with Crippen LogP contribution in [0.25, 0.3) is 5.82 Å². The van der Waals surface area contributed by atoms with Gasteiger partial charge in [0.1, 0.15) is 17.8 Å². The Morgan fingerprint density at radius 2 is 1.75 bits per heavy atom. The molecule has 0 saturated heterocycles. The summed E-state index contributed by atoms with van der Waals surface area (Å²) in [5.74, 6) is 2.06. The van der Waals surface area contributed by atoms with Gasteiger partial charge >= 0.3 is 0 Å².